The van der Waals surface area contributed by atoms with Crippen molar-refractivity contribution < 1.29 is 0 Å². The minimum Gasteiger partial charge on any atom is -0.312 e. The van der Waals surface area contributed by atoms with Crippen LogP contribution in [-0.4, -0.2) is 0 Å². The molecule has 47 heavy (non-hydrogen) atoms. The Kier molecular flexibility index (Phi) is 5.46. The molecule has 0 amide bonds. The Balaban J connectivity index is 1.29. The zero-order chi connectivity index (χ0) is 31.3. The average Bonchev–Trinajstić information content (AvgIpc) is 3.80. The second kappa shape index (κ2) is 9.67. The van der Waals surface area contributed by atoms with Gasteiger partial charge in [0.15, 0.2) is 0 Å². The summed E-state index contributed by atoms with van der Waals surface area (Å²) in [6, 6.07) is 40.2. The van der Waals surface area contributed by atoms with E-state index in [2.05, 4.69) is 170 Å². The van der Waals surface area contributed by atoms with Crippen molar-refractivity contribution in [2.24, 2.45) is 5.41 Å². The molecule has 0 bridgehead atoms. The van der Waals surface area contributed by atoms with Gasteiger partial charge in [-0.15, -0.1) is 0 Å². The van der Waals surface area contributed by atoms with Crippen molar-refractivity contribution in [1.29, 1.82) is 0 Å². The van der Waals surface area contributed by atoms with Gasteiger partial charge in [-0.05, 0) is 122 Å². The monoisotopic (exact) mass is 599 g/mol. The molecule has 10 rings (SSSR count). The summed E-state index contributed by atoms with van der Waals surface area (Å²) in [4.78, 5) is 2.61. The van der Waals surface area contributed by atoms with Gasteiger partial charge in [0.25, 0.3) is 0 Å². The number of rotatable bonds is 3. The van der Waals surface area contributed by atoms with Crippen molar-refractivity contribution in [2.75, 3.05) is 4.90 Å². The molecule has 1 heteroatoms. The largest absolute Gasteiger partial charge is 0.312 e. The Bertz CT molecular complexity index is 2370. The second-order valence-corrected chi connectivity index (χ2v) is 13.4. The van der Waals surface area contributed by atoms with E-state index >= 15 is 0 Å². The summed E-state index contributed by atoms with van der Waals surface area (Å²) in [7, 11) is 0. The molecule has 5 aromatic rings. The molecule has 0 fully saturated rings. The number of fused-ring (bicyclic) bond motifs is 11. The van der Waals surface area contributed by atoms with Crippen LogP contribution in [0.15, 0.2) is 156 Å². The van der Waals surface area contributed by atoms with Crippen molar-refractivity contribution in [3.05, 3.63) is 201 Å². The zero-order valence-corrected chi connectivity index (χ0v) is 26.6. The van der Waals surface area contributed by atoms with Crippen LogP contribution < -0.4 is 4.90 Å². The number of hydrogen-bond acceptors (Lipinski definition) is 1. The molecule has 222 valence electrons. The van der Waals surface area contributed by atoms with Gasteiger partial charge in [0, 0.05) is 17.8 Å². The van der Waals surface area contributed by atoms with Gasteiger partial charge in [0.05, 0.1) is 11.1 Å². The number of allylic oxidation sites excluding steroid dienone is 7. The topological polar surface area (TPSA) is 3.24 Å². The molecule has 0 radical (unpaired) electrons. The summed E-state index contributed by atoms with van der Waals surface area (Å²) in [5.41, 5.74) is 22.0. The van der Waals surface area contributed by atoms with Crippen molar-refractivity contribution in [1.82, 2.24) is 0 Å². The highest BCUT2D eigenvalue weighted by Crippen LogP contribution is 2.63. The summed E-state index contributed by atoms with van der Waals surface area (Å²) in [6.07, 6.45) is 17.7. The first-order valence-corrected chi connectivity index (χ1v) is 16.7. The Labute approximate surface area is 276 Å². The Morgan fingerprint density at radius 3 is 1.94 bits per heavy atom. The summed E-state index contributed by atoms with van der Waals surface area (Å²) in [6.45, 7) is 4.60. The lowest BCUT2D eigenvalue weighted by molar-refractivity contribution is 0.675. The predicted molar refractivity (Wildman–Crippen MR) is 197 cm³/mol. The van der Waals surface area contributed by atoms with Crippen LogP contribution in [0.5, 0.6) is 0 Å². The molecule has 0 heterocycles. The molecule has 1 unspecified atom stereocenters. The fourth-order valence-electron chi connectivity index (χ4n) is 8.79. The lowest BCUT2D eigenvalue weighted by atomic mass is 9.63. The smallest absolute Gasteiger partial charge is 0.0803 e. The van der Waals surface area contributed by atoms with Gasteiger partial charge < -0.3 is 4.90 Å². The highest BCUT2D eigenvalue weighted by molar-refractivity contribution is 6.07. The van der Waals surface area contributed by atoms with Gasteiger partial charge in [-0.2, -0.15) is 0 Å². The van der Waals surface area contributed by atoms with Crippen LogP contribution in [0, 0.1) is 19.3 Å². The van der Waals surface area contributed by atoms with Gasteiger partial charge >= 0.3 is 0 Å². The van der Waals surface area contributed by atoms with E-state index < -0.39 is 5.41 Å². The molecule has 5 aliphatic carbocycles. The summed E-state index contributed by atoms with van der Waals surface area (Å²) < 4.78 is 0. The van der Waals surface area contributed by atoms with E-state index in [4.69, 9.17) is 0 Å². The van der Waals surface area contributed by atoms with Gasteiger partial charge in [-0.25, -0.2) is 0 Å². The highest BCUT2D eigenvalue weighted by Gasteiger charge is 2.50. The fourth-order valence-corrected chi connectivity index (χ4v) is 8.79. The molecular weight excluding hydrogens is 567 g/mol. The fraction of sp³-hybridized carbons (Fsp3) is 0.0870. The Hall–Kier alpha value is -5.66. The predicted octanol–water partition coefficient (Wildman–Crippen LogP) is 11.4. The molecule has 0 aromatic heterocycles. The number of benzene rings is 5. The average molecular weight is 600 g/mol. The molecule has 0 aliphatic heterocycles. The molecule has 0 saturated carbocycles. The maximum atomic E-state index is 2.61. The zero-order valence-electron chi connectivity index (χ0n) is 26.6. The Morgan fingerprint density at radius 1 is 0.596 bits per heavy atom. The maximum absolute atomic E-state index is 2.61. The van der Waals surface area contributed by atoms with Gasteiger partial charge in [-0.3, -0.25) is 0 Å². The van der Waals surface area contributed by atoms with Crippen LogP contribution in [0.1, 0.15) is 44.5 Å². The lowest BCUT2D eigenvalue weighted by Crippen LogP contribution is -2.37. The number of nitrogens with zero attached hydrogens (tertiary/aromatic N) is 1. The van der Waals surface area contributed by atoms with Gasteiger partial charge in [-0.1, -0.05) is 121 Å². The standard InChI is InChI=1S/C46H33N/c1-29-25-40-37-20-11-6-13-31(37)26-41(40)45(30(29)2)47(34-16-4-3-5-17-34)44-23-22-39-36-19-10-8-15-33(36)28-43(39)46(44)24-12-21-38-35-18-9-7-14-32(35)27-42(38)46/h3-25,27-28H,26H2,1-2H3. The second-order valence-electron chi connectivity index (χ2n) is 13.4. The van der Waals surface area contributed by atoms with E-state index in [1.165, 1.54) is 95.0 Å². The molecular formula is C46H33N. The Morgan fingerprint density at radius 2 is 1.21 bits per heavy atom. The quantitative estimate of drug-likeness (QED) is 0.196. The summed E-state index contributed by atoms with van der Waals surface area (Å²) >= 11 is 0. The maximum Gasteiger partial charge on any atom is 0.0803 e. The van der Waals surface area contributed by atoms with Gasteiger partial charge in [0.2, 0.25) is 0 Å². The van der Waals surface area contributed by atoms with Crippen molar-refractivity contribution in [3.63, 3.8) is 0 Å². The normalized spacial score (nSPS) is 19.0. The summed E-state index contributed by atoms with van der Waals surface area (Å²) in [5, 5.41) is 0. The molecule has 1 atom stereocenters. The van der Waals surface area contributed by atoms with Gasteiger partial charge in [0.1, 0.15) is 0 Å². The number of aryl methyl sites for hydroxylation is 1. The number of para-hydroxylation sites is 1. The van der Waals surface area contributed by atoms with E-state index in [-0.39, 0.29) is 0 Å². The van der Waals surface area contributed by atoms with E-state index in [1.807, 2.05) is 0 Å². The molecule has 5 aromatic carbocycles. The molecule has 5 aliphatic rings. The molecule has 1 spiro atoms. The lowest BCUT2D eigenvalue weighted by Gasteiger charge is -2.47. The van der Waals surface area contributed by atoms with Crippen molar-refractivity contribution in [2.45, 2.75) is 20.3 Å². The minimum absolute atomic E-state index is 0.503. The van der Waals surface area contributed by atoms with Crippen LogP contribution >= 0.6 is 0 Å². The van der Waals surface area contributed by atoms with Crippen molar-refractivity contribution in [3.8, 4) is 11.1 Å². The van der Waals surface area contributed by atoms with E-state index in [1.54, 1.807) is 0 Å². The third kappa shape index (κ3) is 3.54. The van der Waals surface area contributed by atoms with Crippen LogP contribution in [0.2, 0.25) is 0 Å². The van der Waals surface area contributed by atoms with E-state index in [9.17, 15) is 0 Å². The van der Waals surface area contributed by atoms with E-state index in [0.29, 0.717) is 0 Å². The first-order valence-electron chi connectivity index (χ1n) is 16.7. The number of anilines is 2. The summed E-state index contributed by atoms with van der Waals surface area (Å²) in [5.74, 6) is 0. The van der Waals surface area contributed by atoms with Crippen LogP contribution in [0.4, 0.5) is 11.4 Å². The molecule has 1 nitrogen and oxygen atoms in total. The SMILES string of the molecule is Cc1cc2c(c(N(C3=CC=C4C(=Cc5ccccc54)C34C=CC=C3C4=Cc4ccccc43)c3ccccc3)c1C)Cc1ccccc1-2. The minimum atomic E-state index is -0.503. The molecule has 0 N–H and O–H groups in total. The van der Waals surface area contributed by atoms with Crippen LogP contribution in [-0.2, 0) is 6.42 Å². The highest BCUT2D eigenvalue weighted by atomic mass is 15.2. The first kappa shape index (κ1) is 26.5. The third-order valence-electron chi connectivity index (χ3n) is 11.0. The van der Waals surface area contributed by atoms with Crippen LogP contribution in [0.25, 0.3) is 34.4 Å². The molecule has 0 saturated heterocycles. The first-order chi connectivity index (χ1) is 23.1. The van der Waals surface area contributed by atoms with Crippen molar-refractivity contribution >= 4 is 34.7 Å². The van der Waals surface area contributed by atoms with E-state index in [0.717, 1.165) is 6.42 Å². The van der Waals surface area contributed by atoms with Crippen LogP contribution in [0.3, 0.4) is 0 Å². The third-order valence-corrected chi connectivity index (χ3v) is 11.0. The number of hydrogen-bond donors (Lipinski definition) is 0.